The summed E-state index contributed by atoms with van der Waals surface area (Å²) < 4.78 is 0. The molecule has 0 spiro atoms. The van der Waals surface area contributed by atoms with Crippen molar-refractivity contribution >= 4 is 23.4 Å². The number of benzene rings is 2. The summed E-state index contributed by atoms with van der Waals surface area (Å²) in [7, 11) is 0. The number of fused-ring (bicyclic) bond motifs is 1. The molecular formula is C21H21ClN4. The minimum Gasteiger partial charge on any atom is -0.366 e. The van der Waals surface area contributed by atoms with Gasteiger partial charge in [-0.2, -0.15) is 4.98 Å². The van der Waals surface area contributed by atoms with Crippen molar-refractivity contribution in [1.82, 2.24) is 9.97 Å². The summed E-state index contributed by atoms with van der Waals surface area (Å²) in [6.07, 6.45) is 1.03. The van der Waals surface area contributed by atoms with Crippen LogP contribution in [0.25, 0.3) is 0 Å². The Kier molecular flexibility index (Phi) is 4.76. The van der Waals surface area contributed by atoms with Gasteiger partial charge in [-0.15, -0.1) is 0 Å². The van der Waals surface area contributed by atoms with Crippen molar-refractivity contribution in [3.05, 3.63) is 82.0 Å². The molecule has 0 atom stereocenters. The lowest BCUT2D eigenvalue weighted by Crippen LogP contribution is -2.32. The first-order valence-electron chi connectivity index (χ1n) is 8.83. The molecule has 2 aromatic carbocycles. The number of hydrogen-bond donors (Lipinski definition) is 1. The van der Waals surface area contributed by atoms with Crippen molar-refractivity contribution in [3.63, 3.8) is 0 Å². The minimum atomic E-state index is 0.704. The summed E-state index contributed by atoms with van der Waals surface area (Å²) in [5.74, 6) is 1.64. The predicted octanol–water partition coefficient (Wildman–Crippen LogP) is 4.61. The van der Waals surface area contributed by atoms with Gasteiger partial charge < -0.3 is 10.2 Å². The van der Waals surface area contributed by atoms with Gasteiger partial charge >= 0.3 is 0 Å². The highest BCUT2D eigenvalue weighted by atomic mass is 35.5. The highest BCUT2D eigenvalue weighted by Crippen LogP contribution is 2.23. The SMILES string of the molecule is Cc1cc(NCc2ccc(Cl)cc2)nc(N2CCc3ccccc3C2)n1. The standard InChI is InChI=1S/C21H21ClN4/c1-15-12-20(23-13-16-6-8-19(22)9-7-16)25-21(24-15)26-11-10-17-4-2-3-5-18(17)14-26/h2-9,12H,10-11,13-14H2,1H3,(H,23,24,25). The Morgan fingerprint density at radius 1 is 1.04 bits per heavy atom. The van der Waals surface area contributed by atoms with Gasteiger partial charge in [-0.3, -0.25) is 0 Å². The Bertz CT molecular complexity index is 908. The fourth-order valence-electron chi connectivity index (χ4n) is 3.25. The molecule has 4 rings (SSSR count). The average molecular weight is 365 g/mol. The van der Waals surface area contributed by atoms with Crippen LogP contribution in [0.5, 0.6) is 0 Å². The zero-order valence-electron chi connectivity index (χ0n) is 14.7. The normalized spacial score (nSPS) is 13.4. The molecule has 0 amide bonds. The third kappa shape index (κ3) is 3.81. The van der Waals surface area contributed by atoms with Crippen LogP contribution in [0.4, 0.5) is 11.8 Å². The number of aromatic nitrogens is 2. The van der Waals surface area contributed by atoms with Crippen molar-refractivity contribution in [2.24, 2.45) is 0 Å². The molecular weight excluding hydrogens is 344 g/mol. The second-order valence-electron chi connectivity index (χ2n) is 6.61. The molecule has 0 saturated heterocycles. The number of nitrogens with zero attached hydrogens (tertiary/aromatic N) is 3. The molecule has 0 aliphatic carbocycles. The summed E-state index contributed by atoms with van der Waals surface area (Å²) in [5.41, 5.74) is 4.92. The van der Waals surface area contributed by atoms with E-state index in [0.29, 0.717) is 6.54 Å². The molecule has 1 aromatic heterocycles. The van der Waals surface area contributed by atoms with Crippen molar-refractivity contribution < 1.29 is 0 Å². The van der Waals surface area contributed by atoms with Crippen LogP contribution in [-0.2, 0) is 19.5 Å². The number of hydrogen-bond acceptors (Lipinski definition) is 4. The number of halogens is 1. The van der Waals surface area contributed by atoms with Gasteiger partial charge in [-0.1, -0.05) is 48.0 Å². The van der Waals surface area contributed by atoms with Crippen LogP contribution in [0.1, 0.15) is 22.4 Å². The fraction of sp³-hybridized carbons (Fsp3) is 0.238. The van der Waals surface area contributed by atoms with E-state index in [0.717, 1.165) is 42.0 Å². The Morgan fingerprint density at radius 2 is 1.81 bits per heavy atom. The molecule has 5 heteroatoms. The summed E-state index contributed by atoms with van der Waals surface area (Å²) in [5, 5.41) is 4.15. The minimum absolute atomic E-state index is 0.704. The second kappa shape index (κ2) is 7.34. The highest BCUT2D eigenvalue weighted by Gasteiger charge is 2.18. The molecule has 0 saturated carbocycles. The molecule has 1 aliphatic rings. The number of aryl methyl sites for hydroxylation is 1. The fourth-order valence-corrected chi connectivity index (χ4v) is 3.37. The van der Waals surface area contributed by atoms with Crippen LogP contribution in [-0.4, -0.2) is 16.5 Å². The van der Waals surface area contributed by atoms with Crippen LogP contribution >= 0.6 is 11.6 Å². The highest BCUT2D eigenvalue weighted by molar-refractivity contribution is 6.30. The summed E-state index contributed by atoms with van der Waals surface area (Å²) >= 11 is 5.95. The van der Waals surface area contributed by atoms with Gasteiger partial charge in [0.15, 0.2) is 0 Å². The summed E-state index contributed by atoms with van der Waals surface area (Å²) in [4.78, 5) is 11.6. The Labute approximate surface area is 158 Å². The molecule has 2 heterocycles. The van der Waals surface area contributed by atoms with E-state index >= 15 is 0 Å². The van der Waals surface area contributed by atoms with Gasteiger partial charge in [0.05, 0.1) is 0 Å². The van der Waals surface area contributed by atoms with Crippen LogP contribution in [0, 0.1) is 6.92 Å². The third-order valence-electron chi connectivity index (χ3n) is 4.64. The van der Waals surface area contributed by atoms with Crippen molar-refractivity contribution in [3.8, 4) is 0 Å². The van der Waals surface area contributed by atoms with E-state index in [9.17, 15) is 0 Å². The quantitative estimate of drug-likeness (QED) is 0.733. The maximum absolute atomic E-state index is 5.95. The third-order valence-corrected chi connectivity index (χ3v) is 4.89. The van der Waals surface area contributed by atoms with E-state index in [-0.39, 0.29) is 0 Å². The van der Waals surface area contributed by atoms with Crippen LogP contribution in [0.2, 0.25) is 5.02 Å². The van der Waals surface area contributed by atoms with Gasteiger partial charge in [0.1, 0.15) is 5.82 Å². The summed E-state index contributed by atoms with van der Waals surface area (Å²) in [6, 6.07) is 18.4. The summed E-state index contributed by atoms with van der Waals surface area (Å²) in [6.45, 7) is 4.51. The van der Waals surface area contributed by atoms with E-state index in [1.165, 1.54) is 16.7 Å². The lowest BCUT2D eigenvalue weighted by atomic mass is 10.0. The molecule has 1 N–H and O–H groups in total. The van der Waals surface area contributed by atoms with E-state index < -0.39 is 0 Å². The van der Waals surface area contributed by atoms with Gasteiger partial charge in [-0.05, 0) is 42.2 Å². The first kappa shape index (κ1) is 16.9. The van der Waals surface area contributed by atoms with E-state index in [1.54, 1.807) is 0 Å². The Hall–Kier alpha value is -2.59. The zero-order valence-corrected chi connectivity index (χ0v) is 15.5. The number of anilines is 2. The van der Waals surface area contributed by atoms with E-state index in [1.807, 2.05) is 37.3 Å². The number of rotatable bonds is 4. The predicted molar refractivity (Wildman–Crippen MR) is 107 cm³/mol. The van der Waals surface area contributed by atoms with Crippen LogP contribution in [0.15, 0.2) is 54.6 Å². The van der Waals surface area contributed by atoms with E-state index in [4.69, 9.17) is 16.6 Å². The van der Waals surface area contributed by atoms with Crippen molar-refractivity contribution in [1.29, 1.82) is 0 Å². The lowest BCUT2D eigenvalue weighted by molar-refractivity contribution is 0.706. The molecule has 132 valence electrons. The topological polar surface area (TPSA) is 41.1 Å². The van der Waals surface area contributed by atoms with Gasteiger partial charge in [0.25, 0.3) is 0 Å². The van der Waals surface area contributed by atoms with Crippen LogP contribution < -0.4 is 10.2 Å². The largest absolute Gasteiger partial charge is 0.366 e. The molecule has 0 radical (unpaired) electrons. The molecule has 0 bridgehead atoms. The second-order valence-corrected chi connectivity index (χ2v) is 7.05. The molecule has 0 fully saturated rings. The number of nitrogens with one attached hydrogen (secondary N) is 1. The van der Waals surface area contributed by atoms with Crippen LogP contribution in [0.3, 0.4) is 0 Å². The van der Waals surface area contributed by atoms with Crippen molar-refractivity contribution in [2.45, 2.75) is 26.4 Å². The molecule has 1 aliphatic heterocycles. The lowest BCUT2D eigenvalue weighted by Gasteiger charge is -2.29. The van der Waals surface area contributed by atoms with Crippen molar-refractivity contribution in [2.75, 3.05) is 16.8 Å². The molecule has 0 unspecified atom stereocenters. The monoisotopic (exact) mass is 364 g/mol. The maximum Gasteiger partial charge on any atom is 0.227 e. The molecule has 3 aromatic rings. The van der Waals surface area contributed by atoms with Gasteiger partial charge in [0.2, 0.25) is 5.95 Å². The molecule has 26 heavy (non-hydrogen) atoms. The first-order valence-corrected chi connectivity index (χ1v) is 9.21. The zero-order chi connectivity index (χ0) is 17.9. The Morgan fingerprint density at radius 3 is 2.62 bits per heavy atom. The molecule has 4 nitrogen and oxygen atoms in total. The van der Waals surface area contributed by atoms with Gasteiger partial charge in [0, 0.05) is 36.4 Å². The maximum atomic E-state index is 5.95. The Balaban J connectivity index is 1.50. The van der Waals surface area contributed by atoms with E-state index in [2.05, 4.69) is 39.5 Å². The van der Waals surface area contributed by atoms with Gasteiger partial charge in [-0.25, -0.2) is 4.98 Å². The first-order chi connectivity index (χ1) is 12.7. The smallest absolute Gasteiger partial charge is 0.227 e. The average Bonchev–Trinajstić information content (AvgIpc) is 2.67.